The first-order valence-corrected chi connectivity index (χ1v) is 7.20. The van der Waals surface area contributed by atoms with Gasteiger partial charge in [0.15, 0.2) is 0 Å². The molecule has 0 atom stereocenters. The van der Waals surface area contributed by atoms with Crippen LogP contribution in [-0.4, -0.2) is 18.1 Å². The van der Waals surface area contributed by atoms with E-state index in [9.17, 15) is 0 Å². The van der Waals surface area contributed by atoms with Crippen LogP contribution in [0.2, 0.25) is 0 Å². The average molecular weight is 250 g/mol. The van der Waals surface area contributed by atoms with Gasteiger partial charge in [-0.3, -0.25) is 0 Å². The van der Waals surface area contributed by atoms with Crippen LogP contribution in [0.25, 0.3) is 0 Å². The lowest BCUT2D eigenvalue weighted by molar-refractivity contribution is 0.327. The van der Waals surface area contributed by atoms with Gasteiger partial charge in [-0.2, -0.15) is 4.98 Å². The Morgan fingerprint density at radius 1 is 1.06 bits per heavy atom. The Morgan fingerprint density at radius 2 is 1.83 bits per heavy atom. The van der Waals surface area contributed by atoms with Crippen molar-refractivity contribution < 1.29 is 4.74 Å². The summed E-state index contributed by atoms with van der Waals surface area (Å²) in [5.41, 5.74) is 0. The first-order chi connectivity index (χ1) is 8.86. The highest BCUT2D eigenvalue weighted by Gasteiger charge is 1.97. The maximum absolute atomic E-state index is 5.37. The van der Waals surface area contributed by atoms with E-state index < -0.39 is 0 Å². The summed E-state index contributed by atoms with van der Waals surface area (Å²) in [6.07, 6.45) is 7.91. The zero-order valence-corrected chi connectivity index (χ0v) is 11.7. The fourth-order valence-corrected chi connectivity index (χ4v) is 1.86. The highest BCUT2D eigenvalue weighted by molar-refractivity contribution is 5.36. The molecule has 0 spiro atoms. The van der Waals surface area contributed by atoms with Crippen molar-refractivity contribution in [1.29, 1.82) is 0 Å². The third kappa shape index (κ3) is 6.48. The second-order valence-electron chi connectivity index (χ2n) is 4.49. The van der Waals surface area contributed by atoms with Crippen LogP contribution in [0.3, 0.4) is 0 Å². The molecule has 3 nitrogen and oxygen atoms in total. The summed E-state index contributed by atoms with van der Waals surface area (Å²) in [5, 5.41) is 3.34. The van der Waals surface area contributed by atoms with Crippen LogP contribution in [0.4, 0.5) is 5.82 Å². The summed E-state index contributed by atoms with van der Waals surface area (Å²) < 4.78 is 5.37. The molecule has 0 bridgehead atoms. The zero-order chi connectivity index (χ0) is 13.1. The molecular weight excluding hydrogens is 224 g/mol. The molecule has 102 valence electrons. The molecule has 3 heteroatoms. The van der Waals surface area contributed by atoms with E-state index >= 15 is 0 Å². The zero-order valence-electron chi connectivity index (χ0n) is 11.7. The minimum absolute atomic E-state index is 0.661. The number of hydrogen-bond acceptors (Lipinski definition) is 3. The quantitative estimate of drug-likeness (QED) is 0.630. The Bertz CT molecular complexity index is 315. The van der Waals surface area contributed by atoms with Gasteiger partial charge in [-0.05, 0) is 19.4 Å². The number of ether oxygens (including phenoxy) is 1. The molecule has 0 aliphatic carbocycles. The normalized spacial score (nSPS) is 10.3. The van der Waals surface area contributed by atoms with E-state index in [1.807, 2.05) is 25.1 Å². The van der Waals surface area contributed by atoms with Crippen LogP contribution < -0.4 is 10.1 Å². The number of rotatable bonds is 10. The molecule has 0 saturated heterocycles. The summed E-state index contributed by atoms with van der Waals surface area (Å²) in [6.45, 7) is 5.87. The molecule has 1 aromatic heterocycles. The molecule has 1 rings (SSSR count). The second kappa shape index (κ2) is 9.75. The first-order valence-electron chi connectivity index (χ1n) is 7.20. The van der Waals surface area contributed by atoms with Crippen molar-refractivity contribution in [2.45, 2.75) is 52.4 Å². The van der Waals surface area contributed by atoms with E-state index in [1.54, 1.807) is 0 Å². The molecule has 0 saturated carbocycles. The molecule has 1 heterocycles. The number of nitrogens with one attached hydrogen (secondary N) is 1. The molecule has 0 aliphatic rings. The summed E-state index contributed by atoms with van der Waals surface area (Å²) in [6, 6.07) is 5.85. The van der Waals surface area contributed by atoms with Crippen LogP contribution in [-0.2, 0) is 0 Å². The summed E-state index contributed by atoms with van der Waals surface area (Å²) in [4.78, 5) is 4.38. The lowest BCUT2D eigenvalue weighted by Crippen LogP contribution is -2.04. The Labute approximate surface area is 111 Å². The predicted molar refractivity (Wildman–Crippen MR) is 77.3 cm³/mol. The SMILES string of the molecule is CCCCCCCCNc1cccc(OCC)n1. The molecular formula is C15H26N2O. The lowest BCUT2D eigenvalue weighted by atomic mass is 10.1. The van der Waals surface area contributed by atoms with E-state index in [2.05, 4.69) is 17.2 Å². The third-order valence-electron chi connectivity index (χ3n) is 2.85. The number of hydrogen-bond donors (Lipinski definition) is 1. The lowest BCUT2D eigenvalue weighted by Gasteiger charge is -2.07. The molecule has 0 unspecified atom stereocenters. The van der Waals surface area contributed by atoms with Crippen molar-refractivity contribution in [3.05, 3.63) is 18.2 Å². The maximum atomic E-state index is 5.37. The Morgan fingerprint density at radius 3 is 2.61 bits per heavy atom. The Kier molecular flexibility index (Phi) is 8.02. The monoisotopic (exact) mass is 250 g/mol. The molecule has 0 amide bonds. The van der Waals surface area contributed by atoms with E-state index in [1.165, 1.54) is 38.5 Å². The molecule has 0 fully saturated rings. The minimum Gasteiger partial charge on any atom is -0.478 e. The van der Waals surface area contributed by atoms with Gasteiger partial charge in [0.2, 0.25) is 5.88 Å². The van der Waals surface area contributed by atoms with Crippen molar-refractivity contribution in [3.63, 3.8) is 0 Å². The topological polar surface area (TPSA) is 34.1 Å². The average Bonchev–Trinajstić information content (AvgIpc) is 2.39. The van der Waals surface area contributed by atoms with E-state index in [0.717, 1.165) is 12.4 Å². The first kappa shape index (κ1) is 14.8. The summed E-state index contributed by atoms with van der Waals surface area (Å²) in [5.74, 6) is 1.61. The fraction of sp³-hybridized carbons (Fsp3) is 0.667. The largest absolute Gasteiger partial charge is 0.478 e. The van der Waals surface area contributed by atoms with Crippen molar-refractivity contribution in [1.82, 2.24) is 4.98 Å². The number of anilines is 1. The Balaban J connectivity index is 2.13. The van der Waals surface area contributed by atoms with Gasteiger partial charge in [0, 0.05) is 12.6 Å². The highest BCUT2D eigenvalue weighted by atomic mass is 16.5. The third-order valence-corrected chi connectivity index (χ3v) is 2.85. The van der Waals surface area contributed by atoms with Crippen LogP contribution in [0.15, 0.2) is 18.2 Å². The van der Waals surface area contributed by atoms with Gasteiger partial charge >= 0.3 is 0 Å². The second-order valence-corrected chi connectivity index (χ2v) is 4.49. The van der Waals surface area contributed by atoms with Crippen LogP contribution >= 0.6 is 0 Å². The molecule has 1 aromatic rings. The standard InChI is InChI=1S/C15H26N2O/c1-3-5-6-7-8-9-13-16-14-11-10-12-15(17-14)18-4-2/h10-12H,3-9,13H2,1-2H3,(H,16,17). The minimum atomic E-state index is 0.661. The van der Waals surface area contributed by atoms with Gasteiger partial charge in [0.1, 0.15) is 5.82 Å². The number of aromatic nitrogens is 1. The predicted octanol–water partition coefficient (Wildman–Crippen LogP) is 4.25. The molecule has 0 aromatic carbocycles. The maximum Gasteiger partial charge on any atom is 0.215 e. The van der Waals surface area contributed by atoms with Crippen LogP contribution in [0, 0.1) is 0 Å². The van der Waals surface area contributed by atoms with Crippen molar-refractivity contribution >= 4 is 5.82 Å². The van der Waals surface area contributed by atoms with Crippen molar-refractivity contribution in [2.75, 3.05) is 18.5 Å². The highest BCUT2D eigenvalue weighted by Crippen LogP contribution is 2.11. The van der Waals surface area contributed by atoms with E-state index in [-0.39, 0.29) is 0 Å². The van der Waals surface area contributed by atoms with Gasteiger partial charge in [0.25, 0.3) is 0 Å². The van der Waals surface area contributed by atoms with Gasteiger partial charge in [-0.15, -0.1) is 0 Å². The number of nitrogens with zero attached hydrogens (tertiary/aromatic N) is 1. The summed E-state index contributed by atoms with van der Waals surface area (Å²) >= 11 is 0. The number of unbranched alkanes of at least 4 members (excludes halogenated alkanes) is 5. The van der Waals surface area contributed by atoms with E-state index in [0.29, 0.717) is 12.5 Å². The Hall–Kier alpha value is -1.25. The smallest absolute Gasteiger partial charge is 0.215 e. The van der Waals surface area contributed by atoms with Gasteiger partial charge in [-0.1, -0.05) is 45.1 Å². The van der Waals surface area contributed by atoms with Crippen molar-refractivity contribution in [2.24, 2.45) is 0 Å². The number of pyridine rings is 1. The van der Waals surface area contributed by atoms with E-state index in [4.69, 9.17) is 4.74 Å². The van der Waals surface area contributed by atoms with Gasteiger partial charge < -0.3 is 10.1 Å². The van der Waals surface area contributed by atoms with Crippen LogP contribution in [0.1, 0.15) is 52.4 Å². The molecule has 0 radical (unpaired) electrons. The fourth-order valence-electron chi connectivity index (χ4n) is 1.86. The summed E-state index contributed by atoms with van der Waals surface area (Å²) in [7, 11) is 0. The molecule has 1 N–H and O–H groups in total. The van der Waals surface area contributed by atoms with Crippen molar-refractivity contribution in [3.8, 4) is 5.88 Å². The van der Waals surface area contributed by atoms with Gasteiger partial charge in [0.05, 0.1) is 6.61 Å². The molecule has 0 aliphatic heterocycles. The molecule has 18 heavy (non-hydrogen) atoms. The van der Waals surface area contributed by atoms with Crippen LogP contribution in [0.5, 0.6) is 5.88 Å². The van der Waals surface area contributed by atoms with Gasteiger partial charge in [-0.25, -0.2) is 0 Å².